The van der Waals surface area contributed by atoms with Crippen molar-refractivity contribution in [2.75, 3.05) is 19.8 Å². The number of rotatable bonds is 5. The first kappa shape index (κ1) is 21.2. The lowest BCUT2D eigenvalue weighted by atomic mass is 10.1. The Morgan fingerprint density at radius 2 is 1.90 bits per heavy atom. The summed E-state index contributed by atoms with van der Waals surface area (Å²) >= 11 is 0. The molecule has 1 aromatic heterocycles. The largest absolute Gasteiger partial charge is 0.461 e. The van der Waals surface area contributed by atoms with E-state index < -0.39 is 42.3 Å². The summed E-state index contributed by atoms with van der Waals surface area (Å²) in [6.07, 6.45) is -2.75. The second-order valence-electron chi connectivity index (χ2n) is 6.73. The summed E-state index contributed by atoms with van der Waals surface area (Å²) < 4.78 is 28.6. The van der Waals surface area contributed by atoms with Crippen molar-refractivity contribution in [1.29, 1.82) is 0 Å². The van der Waals surface area contributed by atoms with Crippen molar-refractivity contribution in [1.82, 2.24) is 15.0 Å². The number of aliphatic hydroxyl groups is 1. The third-order valence-corrected chi connectivity index (χ3v) is 4.27. The minimum atomic E-state index is -0.897. The maximum absolute atomic E-state index is 12.3. The van der Waals surface area contributed by atoms with E-state index >= 15 is 0 Å². The number of fused-ring (bicyclic) bond motifs is 1. The number of ether oxygens (including phenoxy) is 5. The van der Waals surface area contributed by atoms with Crippen LogP contribution in [0.3, 0.4) is 0 Å². The van der Waals surface area contributed by atoms with Gasteiger partial charge in [-0.2, -0.15) is 0 Å². The van der Waals surface area contributed by atoms with Crippen LogP contribution in [0.15, 0.2) is 0 Å². The molecule has 29 heavy (non-hydrogen) atoms. The highest BCUT2D eigenvalue weighted by molar-refractivity contribution is 5.92. The fourth-order valence-electron chi connectivity index (χ4n) is 3.21. The lowest BCUT2D eigenvalue weighted by Gasteiger charge is -2.23. The molecule has 3 heterocycles. The lowest BCUT2D eigenvalue weighted by molar-refractivity contribution is -0.201. The molecule has 1 aromatic rings. The maximum atomic E-state index is 12.3. The summed E-state index contributed by atoms with van der Waals surface area (Å²) in [5, 5.41) is 17.5. The van der Waals surface area contributed by atoms with Gasteiger partial charge in [0.2, 0.25) is 5.69 Å². The minimum absolute atomic E-state index is 0.00662. The van der Waals surface area contributed by atoms with Crippen molar-refractivity contribution < 1.29 is 38.4 Å². The fraction of sp³-hybridized carbons (Fsp3) is 0.667. The second kappa shape index (κ2) is 8.46. The third-order valence-electron chi connectivity index (χ3n) is 4.27. The molecule has 0 unspecified atom stereocenters. The zero-order valence-corrected chi connectivity index (χ0v) is 16.6. The molecule has 0 aromatic carbocycles. The molecule has 11 heteroatoms. The summed E-state index contributed by atoms with van der Waals surface area (Å²) in [6, 6.07) is 0. The zero-order valence-electron chi connectivity index (χ0n) is 16.6. The van der Waals surface area contributed by atoms with Crippen LogP contribution in [0.1, 0.15) is 50.1 Å². The van der Waals surface area contributed by atoms with E-state index in [0.29, 0.717) is 0 Å². The van der Waals surface area contributed by atoms with E-state index in [1.807, 2.05) is 0 Å². The van der Waals surface area contributed by atoms with Crippen LogP contribution in [-0.4, -0.2) is 76.0 Å². The first-order valence-corrected chi connectivity index (χ1v) is 9.24. The van der Waals surface area contributed by atoms with Crippen LogP contribution < -0.4 is 0 Å². The zero-order chi connectivity index (χ0) is 21.2. The quantitative estimate of drug-likeness (QED) is 0.514. The molecule has 2 saturated heterocycles. The molecule has 0 bridgehead atoms. The Kier molecular flexibility index (Phi) is 6.18. The van der Waals surface area contributed by atoms with Gasteiger partial charge in [-0.3, -0.25) is 0 Å². The van der Waals surface area contributed by atoms with Gasteiger partial charge >= 0.3 is 11.9 Å². The number of carbonyl (C=O) groups is 2. The molecule has 0 amide bonds. The normalized spacial score (nSPS) is 27.1. The van der Waals surface area contributed by atoms with Crippen LogP contribution in [-0.2, 0) is 28.5 Å². The Bertz CT molecular complexity index is 840. The first-order chi connectivity index (χ1) is 13.8. The van der Waals surface area contributed by atoms with E-state index in [-0.39, 0.29) is 31.2 Å². The first-order valence-electron chi connectivity index (χ1n) is 9.24. The number of esters is 2. The highest BCUT2D eigenvalue weighted by Crippen LogP contribution is 2.43. The van der Waals surface area contributed by atoms with Crippen molar-refractivity contribution >= 4 is 11.9 Å². The van der Waals surface area contributed by atoms with Crippen LogP contribution in [0, 0.1) is 11.8 Å². The van der Waals surface area contributed by atoms with Gasteiger partial charge in [-0.25, -0.2) is 14.3 Å². The van der Waals surface area contributed by atoms with E-state index in [2.05, 4.69) is 22.2 Å². The lowest BCUT2D eigenvalue weighted by Crippen LogP contribution is -2.31. The Balaban J connectivity index is 2.00. The van der Waals surface area contributed by atoms with Gasteiger partial charge in [-0.05, 0) is 33.6 Å². The van der Waals surface area contributed by atoms with Crippen molar-refractivity contribution in [2.45, 2.75) is 58.0 Å². The van der Waals surface area contributed by atoms with Gasteiger partial charge in [0.15, 0.2) is 12.0 Å². The topological polar surface area (TPSA) is 131 Å². The van der Waals surface area contributed by atoms with Gasteiger partial charge in [0.1, 0.15) is 24.0 Å². The summed E-state index contributed by atoms with van der Waals surface area (Å²) in [7, 11) is 0. The average Bonchev–Trinajstić information content (AvgIpc) is 3.30. The van der Waals surface area contributed by atoms with Gasteiger partial charge in [-0.1, -0.05) is 5.21 Å². The monoisotopic (exact) mass is 409 g/mol. The number of nitrogens with zero attached hydrogens (tertiary/aromatic N) is 3. The molecule has 3 rings (SSSR count). The summed E-state index contributed by atoms with van der Waals surface area (Å²) in [6.45, 7) is 6.75. The van der Waals surface area contributed by atoms with Gasteiger partial charge in [0.05, 0.1) is 19.8 Å². The van der Waals surface area contributed by atoms with E-state index in [1.165, 1.54) is 4.68 Å². The number of carbonyl (C=O) groups excluding carboxylic acids is 2. The van der Waals surface area contributed by atoms with Crippen molar-refractivity contribution in [3.05, 3.63) is 11.4 Å². The highest BCUT2D eigenvalue weighted by atomic mass is 16.8. The Morgan fingerprint density at radius 3 is 2.55 bits per heavy atom. The van der Waals surface area contributed by atoms with E-state index in [0.717, 1.165) is 0 Å². The second-order valence-corrected chi connectivity index (χ2v) is 6.73. The van der Waals surface area contributed by atoms with E-state index in [4.69, 9.17) is 23.7 Å². The molecule has 0 radical (unpaired) electrons. The smallest absolute Gasteiger partial charge is 0.384 e. The summed E-state index contributed by atoms with van der Waals surface area (Å²) in [5.41, 5.74) is -0.165. The molecule has 4 atom stereocenters. The molecule has 158 valence electrons. The molecular weight excluding hydrogens is 386 g/mol. The predicted molar refractivity (Wildman–Crippen MR) is 94.3 cm³/mol. The minimum Gasteiger partial charge on any atom is -0.461 e. The van der Waals surface area contributed by atoms with Crippen LogP contribution in [0.4, 0.5) is 0 Å². The Hall–Kier alpha value is -2.52. The Morgan fingerprint density at radius 1 is 1.21 bits per heavy atom. The number of hydrogen-bond acceptors (Lipinski definition) is 10. The van der Waals surface area contributed by atoms with Crippen LogP contribution in [0.25, 0.3) is 0 Å². The van der Waals surface area contributed by atoms with Gasteiger partial charge < -0.3 is 28.8 Å². The van der Waals surface area contributed by atoms with Crippen molar-refractivity contribution in [3.63, 3.8) is 0 Å². The van der Waals surface area contributed by atoms with Gasteiger partial charge in [0, 0.05) is 5.92 Å². The molecule has 0 spiro atoms. The molecule has 0 aliphatic carbocycles. The van der Waals surface area contributed by atoms with Gasteiger partial charge in [0.25, 0.3) is 0 Å². The SMILES string of the molecule is CCOC(=O)C#Cc1c(C(=O)OCC)nnn1[C@@H]1O[C@H](CO)[C@H]2OC(C)(C)O[C@H]21. The number of aliphatic hydroxyl groups excluding tert-OH is 1. The van der Waals surface area contributed by atoms with E-state index in [1.54, 1.807) is 27.7 Å². The maximum Gasteiger partial charge on any atom is 0.384 e. The molecule has 11 nitrogen and oxygen atoms in total. The molecule has 0 saturated carbocycles. The van der Waals surface area contributed by atoms with Crippen LogP contribution in [0.2, 0.25) is 0 Å². The van der Waals surface area contributed by atoms with Crippen molar-refractivity contribution in [2.24, 2.45) is 0 Å². The van der Waals surface area contributed by atoms with Crippen LogP contribution in [0.5, 0.6) is 0 Å². The molecule has 2 fully saturated rings. The van der Waals surface area contributed by atoms with Crippen molar-refractivity contribution in [3.8, 4) is 11.8 Å². The summed E-state index contributed by atoms with van der Waals surface area (Å²) in [4.78, 5) is 23.9. The third kappa shape index (κ3) is 4.25. The van der Waals surface area contributed by atoms with E-state index in [9.17, 15) is 14.7 Å². The van der Waals surface area contributed by atoms with Gasteiger partial charge in [-0.15, -0.1) is 5.10 Å². The molecule has 1 N–H and O–H groups in total. The number of hydrogen-bond donors (Lipinski definition) is 1. The standard InChI is InChI=1S/C18H23N3O8/c1-5-25-12(23)8-7-10-13(17(24)26-6-2)19-20-21(10)16-15-14(11(9-22)27-16)28-18(3,4)29-15/h11,14-16,22H,5-6,9H2,1-4H3/t11-,14-,15-,16-/m1/s1. The molecule has 2 aliphatic heterocycles. The molecular formula is C18H23N3O8. The number of aromatic nitrogens is 3. The Labute approximate surface area is 167 Å². The fourth-order valence-corrected chi connectivity index (χ4v) is 3.21. The predicted octanol–water partition coefficient (Wildman–Crippen LogP) is -0.221. The summed E-state index contributed by atoms with van der Waals surface area (Å²) in [5.74, 6) is 2.45. The van der Waals surface area contributed by atoms with Crippen LogP contribution >= 0.6 is 0 Å². The average molecular weight is 409 g/mol. The molecule has 2 aliphatic rings. The highest BCUT2D eigenvalue weighted by Gasteiger charge is 2.56.